The highest BCUT2D eigenvalue weighted by molar-refractivity contribution is 9.10. The van der Waals surface area contributed by atoms with Gasteiger partial charge in [0.2, 0.25) is 10.0 Å². The van der Waals surface area contributed by atoms with E-state index in [-0.39, 0.29) is 30.3 Å². The van der Waals surface area contributed by atoms with Gasteiger partial charge in [-0.2, -0.15) is 0 Å². The van der Waals surface area contributed by atoms with Crippen LogP contribution in [0.25, 0.3) is 0 Å². The number of rotatable bonds is 11. The molecule has 0 saturated carbocycles. The van der Waals surface area contributed by atoms with E-state index < -0.39 is 10.0 Å². The summed E-state index contributed by atoms with van der Waals surface area (Å²) in [5.74, 6) is -0.416. The Morgan fingerprint density at radius 2 is 2.13 bits per heavy atom. The van der Waals surface area contributed by atoms with Crippen molar-refractivity contribution in [2.75, 3.05) is 32.1 Å². The van der Waals surface area contributed by atoms with Crippen molar-refractivity contribution in [2.45, 2.75) is 25.7 Å². The molecule has 0 aliphatic carbocycles. The molecule has 1 saturated heterocycles. The van der Waals surface area contributed by atoms with Crippen LogP contribution in [0, 0.1) is 5.82 Å². The Balaban J connectivity index is 1.47. The molecule has 0 spiro atoms. The Bertz CT molecular complexity index is 994. The lowest BCUT2D eigenvalue weighted by molar-refractivity contribution is 0.144. The van der Waals surface area contributed by atoms with Gasteiger partial charge in [-0.05, 0) is 58.0 Å². The molecule has 1 aromatic carbocycles. The van der Waals surface area contributed by atoms with Gasteiger partial charge in [0.15, 0.2) is 5.69 Å². The van der Waals surface area contributed by atoms with Gasteiger partial charge in [0, 0.05) is 26.1 Å². The Labute approximate surface area is 182 Å². The molecule has 1 fully saturated rings. The second kappa shape index (κ2) is 10.4. The van der Waals surface area contributed by atoms with Crippen molar-refractivity contribution in [2.24, 2.45) is 5.16 Å². The molecule has 9 nitrogen and oxygen atoms in total. The zero-order chi connectivity index (χ0) is 21.6. The van der Waals surface area contributed by atoms with E-state index in [4.69, 9.17) is 9.37 Å². The maximum absolute atomic E-state index is 13.4. The van der Waals surface area contributed by atoms with E-state index in [9.17, 15) is 18.0 Å². The number of sulfonamides is 1. The largest absolute Gasteiger partial charge is 0.411 e. The number of aromatic nitrogens is 2. The Kier molecular flexibility index (Phi) is 7.92. The van der Waals surface area contributed by atoms with E-state index in [1.807, 2.05) is 0 Å². The monoisotopic (exact) mass is 504 g/mol. The summed E-state index contributed by atoms with van der Waals surface area (Å²) in [6, 6.07) is 4.49. The predicted molar refractivity (Wildman–Crippen MR) is 110 cm³/mol. The van der Waals surface area contributed by atoms with Crippen molar-refractivity contribution in [1.29, 1.82) is 0 Å². The highest BCUT2D eigenvalue weighted by Crippen LogP contribution is 2.19. The number of nitrogens with zero attached hydrogens (tertiary/aromatic N) is 4. The van der Waals surface area contributed by atoms with Gasteiger partial charge in [-0.3, -0.25) is 0 Å². The maximum atomic E-state index is 13.4. The van der Waals surface area contributed by atoms with Crippen molar-refractivity contribution < 1.29 is 27.4 Å². The SMILES string of the molecule is O=S(=O)(CCOCCCc1nonc1/C(Cc1ccc(F)c(Br)c1)=N/O)N1CCC1. The third-order valence-corrected chi connectivity index (χ3v) is 7.14. The van der Waals surface area contributed by atoms with Crippen LogP contribution >= 0.6 is 15.9 Å². The van der Waals surface area contributed by atoms with Gasteiger partial charge in [-0.25, -0.2) is 21.7 Å². The van der Waals surface area contributed by atoms with Gasteiger partial charge in [0.25, 0.3) is 0 Å². The third-order valence-electron chi connectivity index (χ3n) is 4.70. The van der Waals surface area contributed by atoms with Gasteiger partial charge in [-0.15, -0.1) is 0 Å². The van der Waals surface area contributed by atoms with Gasteiger partial charge in [-0.1, -0.05) is 16.4 Å². The fourth-order valence-electron chi connectivity index (χ4n) is 2.90. The Hall–Kier alpha value is -1.89. The minimum absolute atomic E-state index is 0.0295. The smallest absolute Gasteiger partial charge is 0.216 e. The van der Waals surface area contributed by atoms with Gasteiger partial charge >= 0.3 is 0 Å². The first-order valence-corrected chi connectivity index (χ1v) is 11.8. The van der Waals surface area contributed by atoms with Crippen molar-refractivity contribution in [1.82, 2.24) is 14.6 Å². The number of halogens is 2. The summed E-state index contributed by atoms with van der Waals surface area (Å²) in [6.07, 6.45) is 2.13. The van der Waals surface area contributed by atoms with E-state index in [1.165, 1.54) is 10.4 Å². The quantitative estimate of drug-likeness (QED) is 0.216. The maximum Gasteiger partial charge on any atom is 0.216 e. The first-order valence-electron chi connectivity index (χ1n) is 9.43. The van der Waals surface area contributed by atoms with Crippen LogP contribution in [0.15, 0.2) is 32.5 Å². The van der Waals surface area contributed by atoms with Crippen molar-refractivity contribution in [3.63, 3.8) is 0 Å². The van der Waals surface area contributed by atoms with E-state index in [0.29, 0.717) is 48.4 Å². The second-order valence-corrected chi connectivity index (χ2v) is 9.76. The number of oxime groups is 1. The minimum Gasteiger partial charge on any atom is -0.411 e. The van der Waals surface area contributed by atoms with Crippen LogP contribution < -0.4 is 0 Å². The molecule has 0 unspecified atom stereocenters. The molecule has 164 valence electrons. The lowest BCUT2D eigenvalue weighted by Crippen LogP contribution is -2.43. The van der Waals surface area contributed by atoms with E-state index in [0.717, 1.165) is 12.0 Å². The van der Waals surface area contributed by atoms with Crippen LogP contribution in [0.5, 0.6) is 0 Å². The highest BCUT2D eigenvalue weighted by Gasteiger charge is 2.27. The van der Waals surface area contributed by atoms with E-state index in [2.05, 4.69) is 31.4 Å². The summed E-state index contributed by atoms with van der Waals surface area (Å²) in [4.78, 5) is 0. The van der Waals surface area contributed by atoms with Crippen LogP contribution in [-0.2, 0) is 27.6 Å². The lowest BCUT2D eigenvalue weighted by atomic mass is 10.0. The van der Waals surface area contributed by atoms with Crippen molar-refractivity contribution in [3.8, 4) is 0 Å². The number of benzene rings is 1. The molecule has 30 heavy (non-hydrogen) atoms. The Morgan fingerprint density at radius 1 is 1.33 bits per heavy atom. The number of hydrogen-bond donors (Lipinski definition) is 1. The molecule has 0 amide bonds. The molecule has 1 N–H and O–H groups in total. The molecule has 0 radical (unpaired) electrons. The van der Waals surface area contributed by atoms with Crippen LogP contribution in [0.3, 0.4) is 0 Å². The van der Waals surface area contributed by atoms with Gasteiger partial charge in [0.05, 0.1) is 16.8 Å². The van der Waals surface area contributed by atoms with Crippen LogP contribution in [0.2, 0.25) is 0 Å². The normalized spacial score (nSPS) is 15.3. The molecule has 12 heteroatoms. The summed E-state index contributed by atoms with van der Waals surface area (Å²) >= 11 is 3.13. The molecule has 2 aromatic rings. The van der Waals surface area contributed by atoms with Crippen LogP contribution in [0.4, 0.5) is 4.39 Å². The number of hydrogen-bond acceptors (Lipinski definition) is 8. The first-order chi connectivity index (χ1) is 14.4. The molecule has 2 heterocycles. The summed E-state index contributed by atoms with van der Waals surface area (Å²) in [7, 11) is -3.21. The average molecular weight is 505 g/mol. The summed E-state index contributed by atoms with van der Waals surface area (Å²) in [5.41, 5.74) is 1.78. The minimum atomic E-state index is -3.21. The van der Waals surface area contributed by atoms with E-state index in [1.54, 1.807) is 12.1 Å². The Morgan fingerprint density at radius 3 is 2.80 bits per heavy atom. The third kappa shape index (κ3) is 5.84. The lowest BCUT2D eigenvalue weighted by Gasteiger charge is -2.29. The highest BCUT2D eigenvalue weighted by atomic mass is 79.9. The molecule has 1 aromatic heterocycles. The molecule has 3 rings (SSSR count). The zero-order valence-corrected chi connectivity index (χ0v) is 18.5. The molecule has 1 aliphatic heterocycles. The molecular formula is C18H22BrFN4O5S. The predicted octanol–water partition coefficient (Wildman–Crippen LogP) is 2.38. The standard InChI is InChI=1S/C18H22BrFN4O5S/c19-14-11-13(4-5-15(14)20)12-17(21-25)18-16(22-29-23-18)3-1-8-28-9-10-30(26,27)24-6-2-7-24/h4-5,11,25H,1-3,6-10,12H2/b21-17+. The van der Waals surface area contributed by atoms with E-state index >= 15 is 0 Å². The second-order valence-electron chi connectivity index (χ2n) is 6.82. The average Bonchev–Trinajstić information content (AvgIpc) is 3.12. The van der Waals surface area contributed by atoms with Crippen molar-refractivity contribution >= 4 is 31.7 Å². The molecular weight excluding hydrogens is 483 g/mol. The fraction of sp³-hybridized carbons (Fsp3) is 0.500. The molecule has 0 atom stereocenters. The number of aryl methyl sites for hydroxylation is 1. The summed E-state index contributed by atoms with van der Waals surface area (Å²) < 4.78 is 49.2. The van der Waals surface area contributed by atoms with Crippen molar-refractivity contribution in [3.05, 3.63) is 45.4 Å². The number of ether oxygens (including phenoxy) is 1. The van der Waals surface area contributed by atoms with Gasteiger partial charge in [0.1, 0.15) is 17.2 Å². The molecule has 1 aliphatic rings. The summed E-state index contributed by atoms with van der Waals surface area (Å²) in [5, 5.41) is 20.4. The molecule has 0 bridgehead atoms. The zero-order valence-electron chi connectivity index (χ0n) is 16.1. The topological polar surface area (TPSA) is 118 Å². The fourth-order valence-corrected chi connectivity index (χ4v) is 4.73. The van der Waals surface area contributed by atoms with Crippen LogP contribution in [-0.4, -0.2) is 66.0 Å². The summed E-state index contributed by atoms with van der Waals surface area (Å²) in [6.45, 7) is 1.66. The van der Waals surface area contributed by atoms with Gasteiger partial charge < -0.3 is 9.94 Å². The first kappa shape index (κ1) is 22.8. The van der Waals surface area contributed by atoms with Crippen LogP contribution in [0.1, 0.15) is 29.8 Å².